The normalized spacial score (nSPS) is 12.5. The highest BCUT2D eigenvalue weighted by Gasteiger charge is 2.08. The zero-order valence-corrected chi connectivity index (χ0v) is 12.8. The molecule has 2 aromatic rings. The molecule has 2 N–H and O–H groups in total. The summed E-state index contributed by atoms with van der Waals surface area (Å²) in [4.78, 5) is 0. The lowest BCUT2D eigenvalue weighted by Gasteiger charge is -2.12. The van der Waals surface area contributed by atoms with Crippen molar-refractivity contribution in [2.45, 2.75) is 32.7 Å². The minimum atomic E-state index is -0.0363. The molecule has 0 saturated carbocycles. The van der Waals surface area contributed by atoms with Gasteiger partial charge < -0.3 is 10.5 Å². The van der Waals surface area contributed by atoms with E-state index in [0.717, 1.165) is 11.3 Å². The average Bonchev–Trinajstić information content (AvgIpc) is 2.41. The summed E-state index contributed by atoms with van der Waals surface area (Å²) in [6.07, 6.45) is 0. The second-order valence-corrected chi connectivity index (χ2v) is 5.71. The summed E-state index contributed by atoms with van der Waals surface area (Å²) in [6.45, 7) is 6.24. The van der Waals surface area contributed by atoms with Crippen LogP contribution in [0.4, 0.5) is 0 Å². The summed E-state index contributed by atoms with van der Waals surface area (Å²) in [5.41, 5.74) is 8.08. The third kappa shape index (κ3) is 3.53. The average molecular weight is 290 g/mol. The molecular weight excluding hydrogens is 270 g/mol. The van der Waals surface area contributed by atoms with Crippen LogP contribution < -0.4 is 10.5 Å². The molecule has 1 unspecified atom stereocenters. The van der Waals surface area contributed by atoms with Crippen molar-refractivity contribution in [2.24, 2.45) is 5.73 Å². The molecule has 2 rings (SSSR count). The van der Waals surface area contributed by atoms with Crippen LogP contribution in [0.15, 0.2) is 42.5 Å². The van der Waals surface area contributed by atoms with E-state index in [1.165, 1.54) is 5.56 Å². The molecule has 0 aliphatic heterocycles. The Morgan fingerprint density at radius 2 is 1.75 bits per heavy atom. The van der Waals surface area contributed by atoms with E-state index in [9.17, 15) is 0 Å². The monoisotopic (exact) mass is 289 g/mol. The van der Waals surface area contributed by atoms with Crippen LogP contribution in [-0.2, 0) is 0 Å². The Hall–Kier alpha value is -1.51. The van der Waals surface area contributed by atoms with Gasteiger partial charge in [0.25, 0.3) is 0 Å². The van der Waals surface area contributed by atoms with Crippen LogP contribution in [0.25, 0.3) is 0 Å². The zero-order valence-electron chi connectivity index (χ0n) is 12.1. The molecule has 0 radical (unpaired) electrons. The molecule has 0 saturated heterocycles. The molecule has 0 spiro atoms. The molecule has 0 aliphatic carbocycles. The third-order valence-corrected chi connectivity index (χ3v) is 3.53. The molecule has 2 aromatic carbocycles. The molecule has 0 amide bonds. The lowest BCUT2D eigenvalue weighted by Crippen LogP contribution is -2.04. The third-order valence-electron chi connectivity index (χ3n) is 3.23. The lowest BCUT2D eigenvalue weighted by atomic mass is 10.0. The predicted molar refractivity (Wildman–Crippen MR) is 84.7 cm³/mol. The number of hydrogen-bond acceptors (Lipinski definition) is 2. The van der Waals surface area contributed by atoms with Gasteiger partial charge >= 0.3 is 0 Å². The smallest absolute Gasteiger partial charge is 0.146 e. The minimum absolute atomic E-state index is 0.0363. The van der Waals surface area contributed by atoms with Crippen LogP contribution in [0.1, 0.15) is 43.9 Å². The van der Waals surface area contributed by atoms with E-state index in [1.54, 1.807) is 0 Å². The maximum atomic E-state index is 6.25. The van der Waals surface area contributed by atoms with Crippen molar-refractivity contribution in [1.29, 1.82) is 0 Å². The first-order chi connectivity index (χ1) is 9.47. The summed E-state index contributed by atoms with van der Waals surface area (Å²) in [5, 5.41) is 0.578. The van der Waals surface area contributed by atoms with Gasteiger partial charge in [-0.1, -0.05) is 43.6 Å². The van der Waals surface area contributed by atoms with Gasteiger partial charge in [0, 0.05) is 6.04 Å². The van der Waals surface area contributed by atoms with Crippen molar-refractivity contribution in [1.82, 2.24) is 0 Å². The fourth-order valence-electron chi connectivity index (χ4n) is 1.95. The number of halogens is 1. The van der Waals surface area contributed by atoms with Gasteiger partial charge in [-0.05, 0) is 48.2 Å². The van der Waals surface area contributed by atoms with Crippen LogP contribution in [0, 0.1) is 0 Å². The first kappa shape index (κ1) is 14.9. The van der Waals surface area contributed by atoms with Crippen LogP contribution in [0.3, 0.4) is 0 Å². The first-order valence-corrected chi connectivity index (χ1v) is 7.18. The largest absolute Gasteiger partial charge is 0.456 e. The van der Waals surface area contributed by atoms with Crippen LogP contribution >= 0.6 is 11.6 Å². The van der Waals surface area contributed by atoms with Crippen LogP contribution in [-0.4, -0.2) is 0 Å². The highest BCUT2D eigenvalue weighted by atomic mass is 35.5. The van der Waals surface area contributed by atoms with Gasteiger partial charge in [0.15, 0.2) is 0 Å². The molecule has 20 heavy (non-hydrogen) atoms. The van der Waals surface area contributed by atoms with Crippen molar-refractivity contribution < 1.29 is 4.74 Å². The van der Waals surface area contributed by atoms with Crippen molar-refractivity contribution in [3.05, 3.63) is 58.6 Å². The van der Waals surface area contributed by atoms with Gasteiger partial charge in [-0.25, -0.2) is 0 Å². The van der Waals surface area contributed by atoms with E-state index in [-0.39, 0.29) is 6.04 Å². The molecule has 3 heteroatoms. The lowest BCUT2D eigenvalue weighted by molar-refractivity contribution is 0.481. The molecule has 1 atom stereocenters. The second kappa shape index (κ2) is 6.29. The molecular formula is C17H20ClNO. The Balaban J connectivity index is 2.24. The van der Waals surface area contributed by atoms with Gasteiger partial charge in [0.05, 0.1) is 5.02 Å². The Morgan fingerprint density at radius 3 is 2.35 bits per heavy atom. The van der Waals surface area contributed by atoms with Gasteiger partial charge in [-0.3, -0.25) is 0 Å². The Bertz CT molecular complexity index is 593. The van der Waals surface area contributed by atoms with E-state index in [0.29, 0.717) is 16.7 Å². The van der Waals surface area contributed by atoms with Crippen LogP contribution in [0.2, 0.25) is 5.02 Å². The molecule has 2 nitrogen and oxygen atoms in total. The van der Waals surface area contributed by atoms with E-state index in [1.807, 2.05) is 43.3 Å². The highest BCUT2D eigenvalue weighted by molar-refractivity contribution is 6.32. The van der Waals surface area contributed by atoms with Crippen molar-refractivity contribution in [3.8, 4) is 11.5 Å². The second-order valence-electron chi connectivity index (χ2n) is 5.31. The summed E-state index contributed by atoms with van der Waals surface area (Å²) in [7, 11) is 0. The zero-order chi connectivity index (χ0) is 14.7. The summed E-state index contributed by atoms with van der Waals surface area (Å²) in [6, 6.07) is 13.7. The first-order valence-electron chi connectivity index (χ1n) is 6.80. The molecule has 0 aromatic heterocycles. The molecule has 106 valence electrons. The van der Waals surface area contributed by atoms with E-state index in [2.05, 4.69) is 19.9 Å². The number of benzene rings is 2. The summed E-state index contributed by atoms with van der Waals surface area (Å²) >= 11 is 6.25. The number of rotatable bonds is 4. The SMILES string of the molecule is CC(C)c1cccc(Oc2ccc(C(C)N)cc2Cl)c1. The van der Waals surface area contributed by atoms with Crippen molar-refractivity contribution >= 4 is 11.6 Å². The minimum Gasteiger partial charge on any atom is -0.456 e. The van der Waals surface area contributed by atoms with Crippen LogP contribution in [0.5, 0.6) is 11.5 Å². The molecule has 0 fully saturated rings. The van der Waals surface area contributed by atoms with E-state index < -0.39 is 0 Å². The molecule has 0 bridgehead atoms. The van der Waals surface area contributed by atoms with Gasteiger partial charge in [0.2, 0.25) is 0 Å². The standard InChI is InChI=1S/C17H20ClNO/c1-11(2)13-5-4-6-15(9-13)20-17-8-7-14(12(3)19)10-16(17)18/h4-12H,19H2,1-3H3. The number of hydrogen-bond donors (Lipinski definition) is 1. The van der Waals surface area contributed by atoms with Gasteiger partial charge in [-0.2, -0.15) is 0 Å². The predicted octanol–water partition coefficient (Wildman–Crippen LogP) is 5.28. The highest BCUT2D eigenvalue weighted by Crippen LogP contribution is 2.32. The Kier molecular flexibility index (Phi) is 4.69. The summed E-state index contributed by atoms with van der Waals surface area (Å²) in [5.74, 6) is 1.91. The number of ether oxygens (including phenoxy) is 1. The Morgan fingerprint density at radius 1 is 1.00 bits per heavy atom. The summed E-state index contributed by atoms with van der Waals surface area (Å²) < 4.78 is 5.86. The van der Waals surface area contributed by atoms with Gasteiger partial charge in [-0.15, -0.1) is 0 Å². The van der Waals surface area contributed by atoms with E-state index >= 15 is 0 Å². The fraction of sp³-hybridized carbons (Fsp3) is 0.294. The molecule has 0 heterocycles. The van der Waals surface area contributed by atoms with E-state index in [4.69, 9.17) is 22.1 Å². The topological polar surface area (TPSA) is 35.2 Å². The fourth-order valence-corrected chi connectivity index (χ4v) is 2.17. The Labute approximate surface area is 125 Å². The molecule has 0 aliphatic rings. The maximum absolute atomic E-state index is 6.25. The van der Waals surface area contributed by atoms with Gasteiger partial charge in [0.1, 0.15) is 11.5 Å². The quantitative estimate of drug-likeness (QED) is 0.831. The number of nitrogens with two attached hydrogens (primary N) is 1. The maximum Gasteiger partial charge on any atom is 0.146 e. The van der Waals surface area contributed by atoms with Crippen molar-refractivity contribution in [3.63, 3.8) is 0 Å². The van der Waals surface area contributed by atoms with Crippen molar-refractivity contribution in [2.75, 3.05) is 0 Å².